The Hall–Kier alpha value is -4.17. The summed E-state index contributed by atoms with van der Waals surface area (Å²) in [5.41, 5.74) is 11.5. The topological polar surface area (TPSA) is 95.6 Å². The molecule has 1 saturated heterocycles. The van der Waals surface area contributed by atoms with Crippen molar-refractivity contribution in [1.82, 2.24) is 9.88 Å². The van der Waals surface area contributed by atoms with Crippen LogP contribution < -0.4 is 10.0 Å². The number of aromatic amines is 1. The van der Waals surface area contributed by atoms with Crippen molar-refractivity contribution >= 4 is 51.3 Å². The second-order valence-electron chi connectivity index (χ2n) is 10.7. The molecule has 0 saturated carbocycles. The molecule has 3 heterocycles. The molecule has 0 radical (unpaired) electrons. The summed E-state index contributed by atoms with van der Waals surface area (Å²) in [6, 6.07) is 21.6. The van der Waals surface area contributed by atoms with Crippen molar-refractivity contribution in [3.63, 3.8) is 0 Å². The Bertz CT molecular complexity index is 1670. The minimum atomic E-state index is -0.481. The molecule has 2 aromatic heterocycles. The van der Waals surface area contributed by atoms with Gasteiger partial charge in [0.15, 0.2) is 0 Å². The predicted molar refractivity (Wildman–Crippen MR) is 181 cm³/mol. The highest BCUT2D eigenvalue weighted by atomic mass is 32.2. The van der Waals surface area contributed by atoms with Crippen LogP contribution in [0.1, 0.15) is 65.8 Å². The fraction of sp³-hybridized carbons (Fsp3) is 0.314. The van der Waals surface area contributed by atoms with Gasteiger partial charge in [-0.15, -0.1) is 0 Å². The first-order valence-corrected chi connectivity index (χ1v) is 16.0. The molecule has 3 N–H and O–H groups in total. The third kappa shape index (κ3) is 7.43. The number of nitrogens with two attached hydrogens (primary N) is 1. The fourth-order valence-corrected chi connectivity index (χ4v) is 5.38. The summed E-state index contributed by atoms with van der Waals surface area (Å²) in [5, 5.41) is 1.77. The van der Waals surface area contributed by atoms with Gasteiger partial charge in [0.1, 0.15) is 11.3 Å². The van der Waals surface area contributed by atoms with E-state index >= 15 is 0 Å². The maximum atomic E-state index is 12.4. The third-order valence-corrected chi connectivity index (χ3v) is 8.09. The first-order chi connectivity index (χ1) is 20.8. The van der Waals surface area contributed by atoms with Gasteiger partial charge in [0, 0.05) is 60.5 Å². The van der Waals surface area contributed by atoms with E-state index in [1.165, 1.54) is 12.8 Å². The number of anilines is 1. The quantitative estimate of drug-likeness (QED) is 0.198. The Labute approximate surface area is 258 Å². The molecule has 7 nitrogen and oxygen atoms in total. The minimum Gasteiger partial charge on any atom is -0.455 e. The number of piperidine rings is 1. The molecule has 1 aliphatic rings. The predicted octanol–water partition coefficient (Wildman–Crippen LogP) is 8.43. The van der Waals surface area contributed by atoms with Crippen LogP contribution in [0.15, 0.2) is 77.3 Å². The number of para-hydroxylation sites is 1. The third-order valence-electron chi connectivity index (χ3n) is 7.33. The highest BCUT2D eigenvalue weighted by Gasteiger charge is 2.22. The number of hydrogen-bond donors (Lipinski definition) is 2. The first-order valence-electron chi connectivity index (χ1n) is 14.9. The van der Waals surface area contributed by atoms with E-state index < -0.39 is 5.91 Å². The number of nitrogens with one attached hydrogen (secondary N) is 1. The van der Waals surface area contributed by atoms with Gasteiger partial charge in [-0.05, 0) is 44.4 Å². The maximum absolute atomic E-state index is 12.4. The van der Waals surface area contributed by atoms with E-state index in [1.807, 2.05) is 102 Å². The number of likely N-dealkylation sites (tertiary alicyclic amines) is 1. The minimum absolute atomic E-state index is 0.169. The number of hydrogen-bond acceptors (Lipinski definition) is 5. The highest BCUT2D eigenvalue weighted by molar-refractivity contribution is 7.99. The molecule has 2 amide bonds. The Morgan fingerprint density at radius 1 is 0.977 bits per heavy atom. The van der Waals surface area contributed by atoms with Crippen molar-refractivity contribution in [3.05, 3.63) is 89.6 Å². The SMILES string of the molecule is CCC.CSN(C)c1ccc2c(C(N)=O)c(-c3ccc(C)cc3)oc2c1.O=C(c1c[nH]c2ccccc12)N1CCCCC1. The average molecular weight is 599 g/mol. The summed E-state index contributed by atoms with van der Waals surface area (Å²) in [4.78, 5) is 29.5. The van der Waals surface area contributed by atoms with E-state index in [0.717, 1.165) is 64.6 Å². The van der Waals surface area contributed by atoms with Crippen LogP contribution in [0, 0.1) is 6.92 Å². The zero-order chi connectivity index (χ0) is 30.9. The lowest BCUT2D eigenvalue weighted by Crippen LogP contribution is -2.35. The molecule has 226 valence electrons. The van der Waals surface area contributed by atoms with Crippen LogP contribution in [0.2, 0.25) is 0 Å². The number of carbonyl (C=O) groups excluding carboxylic acids is 2. The van der Waals surface area contributed by atoms with Crippen LogP contribution >= 0.6 is 11.9 Å². The lowest BCUT2D eigenvalue weighted by atomic mass is 10.0. The molecule has 0 spiro atoms. The molecule has 5 aromatic rings. The second kappa shape index (κ2) is 14.8. The number of H-pyrrole nitrogens is 1. The first kappa shape index (κ1) is 31.8. The lowest BCUT2D eigenvalue weighted by molar-refractivity contribution is 0.0726. The van der Waals surface area contributed by atoms with E-state index in [-0.39, 0.29) is 5.91 Å². The Morgan fingerprint density at radius 2 is 1.65 bits per heavy atom. The van der Waals surface area contributed by atoms with Crippen molar-refractivity contribution in [2.24, 2.45) is 5.73 Å². The van der Waals surface area contributed by atoms with Gasteiger partial charge in [0.05, 0.1) is 16.8 Å². The van der Waals surface area contributed by atoms with E-state index in [1.54, 1.807) is 11.9 Å². The van der Waals surface area contributed by atoms with Gasteiger partial charge in [-0.3, -0.25) is 9.59 Å². The molecule has 8 heteroatoms. The number of benzene rings is 3. The standard InChI is InChI=1S/C18H18N2O2S.C14H16N2O.C3H8/c1-11-4-6-12(7-5-11)17-16(18(19)21)14-9-8-13(20(2)23-3)10-15(14)22-17;17-14(16-8-4-1-5-9-16)12-10-15-13-7-3-2-6-11(12)13;1-3-2/h4-10H,1-3H3,(H2,19,21);2-3,6-7,10,15H,1,4-5,8-9H2;3H2,1-2H3. The van der Waals surface area contributed by atoms with Crippen LogP contribution in [-0.4, -0.2) is 48.1 Å². The molecule has 43 heavy (non-hydrogen) atoms. The molecule has 1 aliphatic heterocycles. The van der Waals surface area contributed by atoms with Gasteiger partial charge in [0.2, 0.25) is 0 Å². The van der Waals surface area contributed by atoms with Crippen LogP contribution in [0.5, 0.6) is 0 Å². The van der Waals surface area contributed by atoms with Crippen LogP contribution in [0.4, 0.5) is 5.69 Å². The number of fused-ring (bicyclic) bond motifs is 2. The smallest absolute Gasteiger partial charge is 0.256 e. The second-order valence-corrected chi connectivity index (χ2v) is 11.6. The van der Waals surface area contributed by atoms with Crippen LogP contribution in [-0.2, 0) is 0 Å². The summed E-state index contributed by atoms with van der Waals surface area (Å²) in [5.74, 6) is 0.212. The number of nitrogens with zero attached hydrogens (tertiary/aromatic N) is 2. The van der Waals surface area contributed by atoms with Gasteiger partial charge in [0.25, 0.3) is 11.8 Å². The van der Waals surface area contributed by atoms with Crippen LogP contribution in [0.3, 0.4) is 0 Å². The lowest BCUT2D eigenvalue weighted by Gasteiger charge is -2.26. The van der Waals surface area contributed by atoms with Crippen molar-refractivity contribution in [2.75, 3.05) is 30.7 Å². The molecular formula is C35H42N4O3S. The van der Waals surface area contributed by atoms with Crippen molar-refractivity contribution in [1.29, 1.82) is 0 Å². The number of carbonyl (C=O) groups is 2. The monoisotopic (exact) mass is 598 g/mol. The van der Waals surface area contributed by atoms with Crippen LogP contribution in [0.25, 0.3) is 33.2 Å². The van der Waals surface area contributed by atoms with E-state index in [2.05, 4.69) is 18.8 Å². The Kier molecular flexibility index (Phi) is 11.0. The number of amides is 2. The fourth-order valence-electron chi connectivity index (χ4n) is 5.06. The van der Waals surface area contributed by atoms with E-state index in [0.29, 0.717) is 16.9 Å². The zero-order valence-electron chi connectivity index (χ0n) is 25.8. The number of furan rings is 1. The molecule has 0 atom stereocenters. The van der Waals surface area contributed by atoms with Crippen molar-refractivity contribution in [2.45, 2.75) is 46.5 Å². The number of aromatic nitrogens is 1. The molecule has 0 aliphatic carbocycles. The largest absolute Gasteiger partial charge is 0.455 e. The average Bonchev–Trinajstić information content (AvgIpc) is 3.63. The van der Waals surface area contributed by atoms with Gasteiger partial charge in [-0.2, -0.15) is 0 Å². The summed E-state index contributed by atoms with van der Waals surface area (Å²) in [6.07, 6.45) is 8.60. The molecule has 3 aromatic carbocycles. The molecule has 1 fully saturated rings. The van der Waals surface area contributed by atoms with E-state index in [4.69, 9.17) is 10.2 Å². The van der Waals surface area contributed by atoms with Gasteiger partial charge < -0.3 is 24.3 Å². The van der Waals surface area contributed by atoms with Gasteiger partial charge in [-0.25, -0.2) is 0 Å². The molecule has 6 rings (SSSR count). The molecule has 0 bridgehead atoms. The normalized spacial score (nSPS) is 12.7. The Morgan fingerprint density at radius 3 is 2.30 bits per heavy atom. The Balaban J connectivity index is 0.000000187. The zero-order valence-corrected chi connectivity index (χ0v) is 26.6. The van der Waals surface area contributed by atoms with Crippen molar-refractivity contribution < 1.29 is 14.0 Å². The van der Waals surface area contributed by atoms with Crippen molar-refractivity contribution in [3.8, 4) is 11.3 Å². The number of rotatable bonds is 5. The highest BCUT2D eigenvalue weighted by Crippen LogP contribution is 2.36. The summed E-state index contributed by atoms with van der Waals surface area (Å²) in [7, 11) is 1.98. The molecule has 0 unspecified atom stereocenters. The van der Waals surface area contributed by atoms with Gasteiger partial charge >= 0.3 is 0 Å². The number of primary amides is 1. The summed E-state index contributed by atoms with van der Waals surface area (Å²) in [6.45, 7) is 8.07. The number of aryl methyl sites for hydroxylation is 1. The maximum Gasteiger partial charge on any atom is 0.256 e. The van der Waals surface area contributed by atoms with Gasteiger partial charge in [-0.1, -0.05) is 80.2 Å². The van der Waals surface area contributed by atoms with E-state index in [9.17, 15) is 9.59 Å². The summed E-state index contributed by atoms with van der Waals surface area (Å²) < 4.78 is 8.01. The summed E-state index contributed by atoms with van der Waals surface area (Å²) >= 11 is 1.60. The molecular weight excluding hydrogens is 556 g/mol.